The van der Waals surface area contributed by atoms with Crippen LogP contribution in [0.1, 0.15) is 0 Å². The molecule has 0 bridgehead atoms. The summed E-state index contributed by atoms with van der Waals surface area (Å²) in [6.07, 6.45) is 0. The van der Waals surface area contributed by atoms with Crippen molar-refractivity contribution in [3.8, 4) is 0 Å². The highest BCUT2D eigenvalue weighted by Gasteiger charge is 1.96. The van der Waals surface area contributed by atoms with E-state index in [0.717, 1.165) is 0 Å². The Morgan fingerprint density at radius 1 is 1.27 bits per heavy atom. The van der Waals surface area contributed by atoms with Gasteiger partial charge < -0.3 is 15.2 Å². The lowest BCUT2D eigenvalue weighted by molar-refractivity contribution is -0.134. The van der Waals surface area contributed by atoms with Crippen LogP contribution in [0.15, 0.2) is 0 Å². The molecule has 4 nitrogen and oxygen atoms in total. The van der Waals surface area contributed by atoms with Crippen molar-refractivity contribution in [3.05, 3.63) is 0 Å². The maximum atomic E-state index is 11.5. The summed E-state index contributed by atoms with van der Waals surface area (Å²) in [5.74, 6) is 0. The molecule has 0 rings (SSSR count). The average molecular weight is 165 g/mol. The maximum Gasteiger partial charge on any atom is 0.326 e. The van der Waals surface area contributed by atoms with Gasteiger partial charge in [-0.15, -0.1) is 0 Å². The molecule has 0 unspecified atom stereocenters. The van der Waals surface area contributed by atoms with Crippen molar-refractivity contribution >= 4 is 6.04 Å². The highest BCUT2D eigenvalue weighted by atomic mass is 19.1. The third-order valence-corrected chi connectivity index (χ3v) is 0.850. The molecule has 0 heterocycles. The molecule has 11 heavy (non-hydrogen) atoms. The topological polar surface area (TPSA) is 61.6 Å². The molecule has 0 aromatic heterocycles. The van der Waals surface area contributed by atoms with Crippen LogP contribution in [0.5, 0.6) is 0 Å². The molecular formula is C6H12FNO3. The minimum Gasteiger partial charge on any atom is -0.378 e. The van der Waals surface area contributed by atoms with Crippen LogP contribution < -0.4 is 5.73 Å². The summed E-state index contributed by atoms with van der Waals surface area (Å²) in [5, 5.41) is 0. The molecule has 0 saturated carbocycles. The standard InChI is InChI=1S/C6H12FNO3/c7-6(9)5-11-4-3-10-2-1-8/h1-5,8H2. The minimum absolute atomic E-state index is 0.218. The summed E-state index contributed by atoms with van der Waals surface area (Å²) >= 11 is 0. The average Bonchev–Trinajstić information content (AvgIpc) is 1.96. The Kier molecular flexibility index (Phi) is 7.23. The number of hydrogen-bond donors (Lipinski definition) is 1. The number of hydrogen-bond acceptors (Lipinski definition) is 4. The Morgan fingerprint density at radius 2 is 1.91 bits per heavy atom. The van der Waals surface area contributed by atoms with Gasteiger partial charge in [0, 0.05) is 6.54 Å². The number of carbonyl (C=O) groups excluding carboxylic acids is 1. The Morgan fingerprint density at radius 3 is 2.45 bits per heavy atom. The van der Waals surface area contributed by atoms with Crippen LogP contribution in [0.25, 0.3) is 0 Å². The fraction of sp³-hybridized carbons (Fsp3) is 0.833. The molecule has 0 aliphatic heterocycles. The summed E-state index contributed by atoms with van der Waals surface area (Å²) in [7, 11) is 0. The van der Waals surface area contributed by atoms with Crippen LogP contribution in [-0.2, 0) is 14.3 Å². The van der Waals surface area contributed by atoms with E-state index in [9.17, 15) is 9.18 Å². The fourth-order valence-electron chi connectivity index (χ4n) is 0.456. The lowest BCUT2D eigenvalue weighted by Gasteiger charge is -2.01. The van der Waals surface area contributed by atoms with E-state index in [1.54, 1.807) is 0 Å². The van der Waals surface area contributed by atoms with Gasteiger partial charge in [0.15, 0.2) is 0 Å². The molecular weight excluding hydrogens is 153 g/mol. The van der Waals surface area contributed by atoms with Crippen LogP contribution in [0.3, 0.4) is 0 Å². The number of nitrogens with two attached hydrogens (primary N) is 1. The van der Waals surface area contributed by atoms with Crippen molar-refractivity contribution in [1.82, 2.24) is 0 Å². The van der Waals surface area contributed by atoms with Gasteiger partial charge in [-0.1, -0.05) is 0 Å². The predicted molar refractivity (Wildman–Crippen MR) is 36.8 cm³/mol. The van der Waals surface area contributed by atoms with Crippen LogP contribution in [-0.4, -0.2) is 39.0 Å². The third-order valence-electron chi connectivity index (χ3n) is 0.850. The smallest absolute Gasteiger partial charge is 0.326 e. The van der Waals surface area contributed by atoms with Crippen LogP contribution in [0.4, 0.5) is 4.39 Å². The van der Waals surface area contributed by atoms with Crippen LogP contribution in [0, 0.1) is 0 Å². The molecule has 0 saturated heterocycles. The zero-order valence-electron chi connectivity index (χ0n) is 6.22. The monoisotopic (exact) mass is 165 g/mol. The molecule has 0 atom stereocenters. The van der Waals surface area contributed by atoms with Gasteiger partial charge in [-0.3, -0.25) is 4.79 Å². The predicted octanol–water partition coefficient (Wildman–Crippen LogP) is -0.526. The van der Waals surface area contributed by atoms with E-state index in [0.29, 0.717) is 19.8 Å². The molecule has 0 radical (unpaired) electrons. The minimum atomic E-state index is -1.47. The van der Waals surface area contributed by atoms with E-state index >= 15 is 0 Å². The van der Waals surface area contributed by atoms with E-state index in [2.05, 4.69) is 4.74 Å². The van der Waals surface area contributed by atoms with Crippen molar-refractivity contribution in [2.24, 2.45) is 5.73 Å². The zero-order valence-corrected chi connectivity index (χ0v) is 6.22. The summed E-state index contributed by atoms with van der Waals surface area (Å²) in [6, 6.07) is -1.47. The second kappa shape index (κ2) is 7.59. The summed E-state index contributed by atoms with van der Waals surface area (Å²) < 4.78 is 20.9. The van der Waals surface area contributed by atoms with Crippen molar-refractivity contribution in [3.63, 3.8) is 0 Å². The lowest BCUT2D eigenvalue weighted by Crippen LogP contribution is -2.13. The molecule has 66 valence electrons. The SMILES string of the molecule is NCCOCCOCC(=O)F. The van der Waals surface area contributed by atoms with Gasteiger partial charge in [-0.2, -0.15) is 4.39 Å². The summed E-state index contributed by atoms with van der Waals surface area (Å²) in [6.45, 7) is 0.959. The Hall–Kier alpha value is -0.520. The first-order valence-electron chi connectivity index (χ1n) is 3.31. The van der Waals surface area contributed by atoms with Crippen LogP contribution >= 0.6 is 0 Å². The van der Waals surface area contributed by atoms with Gasteiger partial charge >= 0.3 is 6.04 Å². The zero-order chi connectivity index (χ0) is 8.53. The molecule has 0 spiro atoms. The molecule has 0 aliphatic carbocycles. The van der Waals surface area contributed by atoms with Gasteiger partial charge in [0.2, 0.25) is 0 Å². The lowest BCUT2D eigenvalue weighted by atomic mass is 10.7. The number of halogens is 1. The number of rotatable bonds is 7. The highest BCUT2D eigenvalue weighted by Crippen LogP contribution is 1.79. The van der Waals surface area contributed by atoms with Gasteiger partial charge in [0.05, 0.1) is 19.8 Å². The van der Waals surface area contributed by atoms with Gasteiger partial charge in [0.25, 0.3) is 0 Å². The van der Waals surface area contributed by atoms with Crippen LogP contribution in [0.2, 0.25) is 0 Å². The summed E-state index contributed by atoms with van der Waals surface area (Å²) in [5.41, 5.74) is 5.11. The Bertz CT molecular complexity index is 110. The third kappa shape index (κ3) is 9.48. The van der Waals surface area contributed by atoms with Crippen molar-refractivity contribution in [2.75, 3.05) is 33.0 Å². The number of carbonyl (C=O) groups is 1. The maximum absolute atomic E-state index is 11.5. The van der Waals surface area contributed by atoms with E-state index in [1.807, 2.05) is 0 Å². The quantitative estimate of drug-likeness (QED) is 0.407. The Labute approximate surface area is 64.5 Å². The first kappa shape index (κ1) is 10.5. The highest BCUT2D eigenvalue weighted by molar-refractivity contribution is 5.69. The molecule has 0 fully saturated rings. The van der Waals surface area contributed by atoms with Gasteiger partial charge in [-0.05, 0) is 0 Å². The van der Waals surface area contributed by atoms with Gasteiger partial charge in [-0.25, -0.2) is 0 Å². The molecule has 5 heteroatoms. The van der Waals surface area contributed by atoms with Crippen molar-refractivity contribution in [1.29, 1.82) is 0 Å². The Balaban J connectivity index is 2.85. The van der Waals surface area contributed by atoms with E-state index in [4.69, 9.17) is 10.5 Å². The van der Waals surface area contributed by atoms with Gasteiger partial charge in [0.1, 0.15) is 6.61 Å². The van der Waals surface area contributed by atoms with E-state index in [-0.39, 0.29) is 6.61 Å². The summed E-state index contributed by atoms with van der Waals surface area (Å²) in [4.78, 5) is 9.68. The molecule has 2 N–H and O–H groups in total. The second-order valence-electron chi connectivity index (χ2n) is 1.81. The molecule has 0 amide bonds. The molecule has 0 aliphatic rings. The van der Waals surface area contributed by atoms with Crippen molar-refractivity contribution < 1.29 is 18.7 Å². The number of ether oxygens (including phenoxy) is 2. The fourth-order valence-corrected chi connectivity index (χ4v) is 0.456. The van der Waals surface area contributed by atoms with E-state index in [1.165, 1.54) is 0 Å². The second-order valence-corrected chi connectivity index (χ2v) is 1.81. The normalized spacial score (nSPS) is 10.0. The van der Waals surface area contributed by atoms with Crippen molar-refractivity contribution in [2.45, 2.75) is 0 Å². The largest absolute Gasteiger partial charge is 0.378 e. The van der Waals surface area contributed by atoms with E-state index < -0.39 is 12.6 Å². The molecule has 0 aromatic carbocycles. The first-order chi connectivity index (χ1) is 5.27. The molecule has 0 aromatic rings. The first-order valence-corrected chi connectivity index (χ1v) is 3.31.